The maximum atomic E-state index is 9.34. The van der Waals surface area contributed by atoms with Crippen molar-refractivity contribution in [2.24, 2.45) is 5.92 Å². The zero-order valence-corrected chi connectivity index (χ0v) is 14.0. The van der Waals surface area contributed by atoms with Crippen molar-refractivity contribution in [3.8, 4) is 5.75 Å². The molecule has 1 aromatic rings. The van der Waals surface area contributed by atoms with Crippen molar-refractivity contribution in [2.75, 3.05) is 6.61 Å². The number of ether oxygens (including phenoxy) is 2. The molecule has 0 saturated carbocycles. The number of hydrogen-bond acceptors (Lipinski definition) is 3. The molecule has 3 atom stereocenters. The molecule has 1 aliphatic heterocycles. The average Bonchev–Trinajstić information content (AvgIpc) is 2.53. The number of aromatic hydroxyl groups is 1. The monoisotopic (exact) mass is 306 g/mol. The van der Waals surface area contributed by atoms with E-state index in [0.717, 1.165) is 12.2 Å². The zero-order valence-electron chi connectivity index (χ0n) is 14.0. The van der Waals surface area contributed by atoms with Crippen LogP contribution in [0.5, 0.6) is 5.75 Å². The molecule has 3 nitrogen and oxygen atoms in total. The third-order valence-electron chi connectivity index (χ3n) is 4.56. The molecule has 1 aliphatic rings. The Morgan fingerprint density at radius 2 is 1.73 bits per heavy atom. The number of phenols is 1. The molecule has 1 heterocycles. The van der Waals surface area contributed by atoms with Crippen molar-refractivity contribution in [1.29, 1.82) is 0 Å². The Hall–Kier alpha value is -1.06. The molecule has 124 valence electrons. The van der Waals surface area contributed by atoms with Crippen LogP contribution in [0.1, 0.15) is 70.6 Å². The van der Waals surface area contributed by atoms with Crippen LogP contribution in [0.25, 0.3) is 0 Å². The van der Waals surface area contributed by atoms with E-state index in [1.165, 1.54) is 44.9 Å². The van der Waals surface area contributed by atoms with Crippen molar-refractivity contribution < 1.29 is 14.6 Å². The first-order valence-corrected chi connectivity index (χ1v) is 8.76. The lowest BCUT2D eigenvalue weighted by molar-refractivity contribution is -0.237. The van der Waals surface area contributed by atoms with Gasteiger partial charge >= 0.3 is 0 Å². The number of phenolic OH excluding ortho intramolecular Hbond substituents is 1. The third kappa shape index (κ3) is 5.29. The smallest absolute Gasteiger partial charge is 0.184 e. The maximum Gasteiger partial charge on any atom is 0.184 e. The van der Waals surface area contributed by atoms with Gasteiger partial charge in [0, 0.05) is 11.5 Å². The van der Waals surface area contributed by atoms with E-state index in [1.807, 2.05) is 12.1 Å². The van der Waals surface area contributed by atoms with Crippen molar-refractivity contribution in [2.45, 2.75) is 71.2 Å². The minimum Gasteiger partial charge on any atom is -0.508 e. The Morgan fingerprint density at radius 3 is 2.41 bits per heavy atom. The highest BCUT2D eigenvalue weighted by Crippen LogP contribution is 2.32. The molecule has 2 rings (SSSR count). The summed E-state index contributed by atoms with van der Waals surface area (Å²) in [6.07, 6.45) is 9.11. The van der Waals surface area contributed by atoms with E-state index in [2.05, 4.69) is 13.8 Å². The molecule has 0 bridgehead atoms. The Balaban J connectivity index is 1.70. The third-order valence-corrected chi connectivity index (χ3v) is 4.56. The fraction of sp³-hybridized carbons (Fsp3) is 0.684. The molecule has 1 aromatic carbocycles. The second-order valence-corrected chi connectivity index (χ2v) is 6.41. The van der Waals surface area contributed by atoms with E-state index in [1.54, 1.807) is 12.1 Å². The summed E-state index contributed by atoms with van der Waals surface area (Å²) in [5, 5.41) is 9.34. The van der Waals surface area contributed by atoms with Crippen molar-refractivity contribution in [3.63, 3.8) is 0 Å². The van der Waals surface area contributed by atoms with Gasteiger partial charge in [-0.2, -0.15) is 0 Å². The van der Waals surface area contributed by atoms with Crippen LogP contribution >= 0.6 is 0 Å². The fourth-order valence-electron chi connectivity index (χ4n) is 3.00. The molecule has 0 aliphatic carbocycles. The molecule has 1 N–H and O–H groups in total. The minimum absolute atomic E-state index is 0.225. The van der Waals surface area contributed by atoms with Crippen molar-refractivity contribution in [3.05, 3.63) is 29.8 Å². The van der Waals surface area contributed by atoms with Gasteiger partial charge in [-0.05, 0) is 25.5 Å². The highest BCUT2D eigenvalue weighted by atomic mass is 16.7. The molecular formula is C19H30O3. The van der Waals surface area contributed by atoms with Gasteiger partial charge in [0.15, 0.2) is 6.29 Å². The van der Waals surface area contributed by atoms with E-state index in [0.29, 0.717) is 5.92 Å². The van der Waals surface area contributed by atoms with Crippen LogP contribution < -0.4 is 0 Å². The summed E-state index contributed by atoms with van der Waals surface area (Å²) in [7, 11) is 0. The highest BCUT2D eigenvalue weighted by molar-refractivity contribution is 5.26. The van der Waals surface area contributed by atoms with Crippen LogP contribution in [0, 0.1) is 5.92 Å². The predicted molar refractivity (Wildman–Crippen MR) is 88.8 cm³/mol. The summed E-state index contributed by atoms with van der Waals surface area (Å²) in [6.45, 7) is 5.17. The lowest BCUT2D eigenvalue weighted by Gasteiger charge is -2.35. The van der Waals surface area contributed by atoms with E-state index < -0.39 is 0 Å². The van der Waals surface area contributed by atoms with Crippen LogP contribution in [0.15, 0.2) is 24.3 Å². The van der Waals surface area contributed by atoms with E-state index >= 15 is 0 Å². The maximum absolute atomic E-state index is 9.34. The predicted octanol–water partition coefficient (Wildman–Crippen LogP) is 5.19. The SMILES string of the molecule is CCCCCCCC[C@@H]1CO[C@@H](c2ccc(O)cc2)OC1C. The van der Waals surface area contributed by atoms with Crippen LogP contribution in [-0.4, -0.2) is 17.8 Å². The van der Waals surface area contributed by atoms with Gasteiger partial charge in [-0.25, -0.2) is 0 Å². The van der Waals surface area contributed by atoms with Crippen molar-refractivity contribution in [1.82, 2.24) is 0 Å². The van der Waals surface area contributed by atoms with Crippen LogP contribution in [0.3, 0.4) is 0 Å². The van der Waals surface area contributed by atoms with Gasteiger partial charge in [0.1, 0.15) is 5.75 Å². The number of unbranched alkanes of at least 4 members (excludes halogenated alkanes) is 5. The van der Waals surface area contributed by atoms with Gasteiger partial charge in [0.05, 0.1) is 12.7 Å². The number of rotatable bonds is 8. The summed E-state index contributed by atoms with van der Waals surface area (Å²) in [5.74, 6) is 0.771. The molecule has 0 spiro atoms. The largest absolute Gasteiger partial charge is 0.508 e. The lowest BCUT2D eigenvalue weighted by Crippen LogP contribution is -2.34. The molecule has 3 heteroatoms. The van der Waals surface area contributed by atoms with Gasteiger partial charge in [-0.1, -0.05) is 57.6 Å². The van der Waals surface area contributed by atoms with Gasteiger partial charge in [-0.15, -0.1) is 0 Å². The standard InChI is InChI=1S/C19H30O3/c1-3-4-5-6-7-8-9-17-14-21-19(22-15(17)2)16-10-12-18(20)13-11-16/h10-13,15,17,19-20H,3-9,14H2,1-2H3/t15?,17-,19-/m1/s1. The van der Waals surface area contributed by atoms with Gasteiger partial charge in [-0.3, -0.25) is 0 Å². The first-order chi connectivity index (χ1) is 10.7. The molecular weight excluding hydrogens is 276 g/mol. The van der Waals surface area contributed by atoms with E-state index in [9.17, 15) is 5.11 Å². The molecule has 1 unspecified atom stereocenters. The molecule has 0 radical (unpaired) electrons. The average molecular weight is 306 g/mol. The van der Waals surface area contributed by atoms with E-state index in [-0.39, 0.29) is 18.1 Å². The van der Waals surface area contributed by atoms with Crippen LogP contribution in [-0.2, 0) is 9.47 Å². The topological polar surface area (TPSA) is 38.7 Å². The molecule has 1 fully saturated rings. The quantitative estimate of drug-likeness (QED) is 0.671. The summed E-state index contributed by atoms with van der Waals surface area (Å²) < 4.78 is 11.9. The van der Waals surface area contributed by atoms with Crippen molar-refractivity contribution >= 4 is 0 Å². The fourth-order valence-corrected chi connectivity index (χ4v) is 3.00. The van der Waals surface area contributed by atoms with Gasteiger partial charge < -0.3 is 14.6 Å². The van der Waals surface area contributed by atoms with Crippen LogP contribution in [0.4, 0.5) is 0 Å². The molecule has 1 saturated heterocycles. The zero-order chi connectivity index (χ0) is 15.8. The second-order valence-electron chi connectivity index (χ2n) is 6.41. The summed E-state index contributed by atoms with van der Waals surface area (Å²) in [5.41, 5.74) is 0.975. The number of hydrogen-bond donors (Lipinski definition) is 1. The number of benzene rings is 1. The first kappa shape index (κ1) is 17.3. The normalized spacial score (nSPS) is 25.3. The molecule has 0 amide bonds. The Morgan fingerprint density at radius 1 is 1.05 bits per heavy atom. The lowest BCUT2D eigenvalue weighted by atomic mass is 9.95. The Kier molecular flexibility index (Phi) is 7.20. The summed E-state index contributed by atoms with van der Waals surface area (Å²) in [6, 6.07) is 7.08. The highest BCUT2D eigenvalue weighted by Gasteiger charge is 2.29. The minimum atomic E-state index is -0.295. The summed E-state index contributed by atoms with van der Waals surface area (Å²) >= 11 is 0. The summed E-state index contributed by atoms with van der Waals surface area (Å²) in [4.78, 5) is 0. The Bertz CT molecular complexity index is 415. The Labute approximate surface area is 134 Å². The van der Waals surface area contributed by atoms with Gasteiger partial charge in [0.25, 0.3) is 0 Å². The molecule has 0 aromatic heterocycles. The van der Waals surface area contributed by atoms with Gasteiger partial charge in [0.2, 0.25) is 0 Å². The van der Waals surface area contributed by atoms with E-state index in [4.69, 9.17) is 9.47 Å². The first-order valence-electron chi connectivity index (χ1n) is 8.76. The van der Waals surface area contributed by atoms with Crippen LogP contribution in [0.2, 0.25) is 0 Å². The molecule has 22 heavy (non-hydrogen) atoms. The second kappa shape index (κ2) is 9.16.